The van der Waals surface area contributed by atoms with E-state index < -0.39 is 0 Å². The van der Waals surface area contributed by atoms with Crippen molar-refractivity contribution in [1.82, 2.24) is 4.90 Å². The highest BCUT2D eigenvalue weighted by molar-refractivity contribution is 6.42. The van der Waals surface area contributed by atoms with E-state index in [1.54, 1.807) is 6.07 Å². The van der Waals surface area contributed by atoms with Crippen molar-refractivity contribution < 1.29 is 4.74 Å². The molecule has 2 unspecified atom stereocenters. The molecule has 1 aromatic carbocycles. The maximum absolute atomic E-state index is 6.27. The van der Waals surface area contributed by atoms with Gasteiger partial charge in [0.1, 0.15) is 10.8 Å². The Morgan fingerprint density at radius 2 is 2.09 bits per heavy atom. The molecule has 4 atom stereocenters. The maximum Gasteiger partial charge on any atom is 0.139 e. The van der Waals surface area contributed by atoms with E-state index in [1.807, 2.05) is 12.1 Å². The normalized spacial score (nSPS) is 30.6. The molecule has 2 aliphatic heterocycles. The zero-order chi connectivity index (χ0) is 16.4. The molecule has 2 bridgehead atoms. The third kappa shape index (κ3) is 3.65. The Hall–Kier alpha value is -0.440. The smallest absolute Gasteiger partial charge is 0.139 e. The van der Waals surface area contributed by atoms with E-state index in [4.69, 9.17) is 27.9 Å². The number of piperidine rings is 1. The Bertz CT molecular complexity index is 536. The van der Waals surface area contributed by atoms with Crippen LogP contribution in [-0.4, -0.2) is 30.6 Å². The van der Waals surface area contributed by atoms with Crippen LogP contribution in [0.5, 0.6) is 5.75 Å². The minimum atomic E-state index is 0.535. The second kappa shape index (κ2) is 7.63. The van der Waals surface area contributed by atoms with E-state index in [9.17, 15) is 0 Å². The van der Waals surface area contributed by atoms with Crippen LogP contribution in [0, 0.1) is 11.8 Å². The molecule has 0 N–H and O–H groups in total. The van der Waals surface area contributed by atoms with Crippen LogP contribution in [-0.2, 0) is 0 Å². The molecule has 1 aromatic rings. The van der Waals surface area contributed by atoms with Gasteiger partial charge in [-0.3, -0.25) is 0 Å². The summed E-state index contributed by atoms with van der Waals surface area (Å²) < 4.78 is 6.12. The van der Waals surface area contributed by atoms with Gasteiger partial charge in [-0.15, -0.1) is 0 Å². The predicted octanol–water partition coefficient (Wildman–Crippen LogP) is 5.66. The van der Waals surface area contributed by atoms with Crippen LogP contribution in [0.4, 0.5) is 0 Å². The Morgan fingerprint density at radius 1 is 1.26 bits per heavy atom. The first kappa shape index (κ1) is 17.4. The molecule has 2 aliphatic rings. The number of halogens is 2. The topological polar surface area (TPSA) is 12.5 Å². The molecule has 2 saturated heterocycles. The van der Waals surface area contributed by atoms with Crippen LogP contribution >= 0.6 is 23.2 Å². The SMILES string of the molecule is CCCC[C@@H]1CC2CCC([C@H]1COc1cccc(Cl)c1Cl)N2C. The quantitative estimate of drug-likeness (QED) is 0.652. The zero-order valence-electron chi connectivity index (χ0n) is 14.1. The van der Waals surface area contributed by atoms with Crippen LogP contribution < -0.4 is 4.74 Å². The van der Waals surface area contributed by atoms with Crippen LogP contribution in [0.15, 0.2) is 18.2 Å². The number of hydrogen-bond donors (Lipinski definition) is 0. The monoisotopic (exact) mass is 355 g/mol. The van der Waals surface area contributed by atoms with Gasteiger partial charge in [-0.2, -0.15) is 0 Å². The van der Waals surface area contributed by atoms with Gasteiger partial charge in [0.25, 0.3) is 0 Å². The van der Waals surface area contributed by atoms with Gasteiger partial charge >= 0.3 is 0 Å². The molecule has 0 spiro atoms. The van der Waals surface area contributed by atoms with E-state index in [2.05, 4.69) is 18.9 Å². The summed E-state index contributed by atoms with van der Waals surface area (Å²) in [4.78, 5) is 2.59. The van der Waals surface area contributed by atoms with Crippen molar-refractivity contribution in [3.05, 3.63) is 28.2 Å². The highest BCUT2D eigenvalue weighted by Gasteiger charge is 2.45. The fourth-order valence-electron chi connectivity index (χ4n) is 4.51. The number of hydrogen-bond acceptors (Lipinski definition) is 2. The molecule has 4 heteroatoms. The number of rotatable bonds is 6. The Labute approximate surface area is 150 Å². The lowest BCUT2D eigenvalue weighted by molar-refractivity contribution is 0.0332. The first-order valence-corrected chi connectivity index (χ1v) is 9.66. The van der Waals surface area contributed by atoms with Crippen LogP contribution in [0.3, 0.4) is 0 Å². The second-order valence-electron chi connectivity index (χ2n) is 7.13. The molecule has 0 amide bonds. The fourth-order valence-corrected chi connectivity index (χ4v) is 4.85. The number of unbranched alkanes of at least 4 members (excludes halogenated alkanes) is 1. The average molecular weight is 356 g/mol. The highest BCUT2D eigenvalue weighted by Crippen LogP contribution is 2.44. The molecule has 0 aliphatic carbocycles. The summed E-state index contributed by atoms with van der Waals surface area (Å²) in [5, 5.41) is 1.10. The van der Waals surface area contributed by atoms with Gasteiger partial charge in [0.05, 0.1) is 11.6 Å². The maximum atomic E-state index is 6.27. The lowest BCUT2D eigenvalue weighted by Gasteiger charge is -2.43. The summed E-state index contributed by atoms with van der Waals surface area (Å²) in [6.07, 6.45) is 7.90. The van der Waals surface area contributed by atoms with E-state index in [0.29, 0.717) is 22.0 Å². The summed E-state index contributed by atoms with van der Waals surface area (Å²) in [6.45, 7) is 3.02. The van der Waals surface area contributed by atoms with Gasteiger partial charge in [0.2, 0.25) is 0 Å². The Morgan fingerprint density at radius 3 is 2.87 bits per heavy atom. The minimum absolute atomic E-state index is 0.535. The Kier molecular flexibility index (Phi) is 5.77. The molecule has 0 saturated carbocycles. The summed E-state index contributed by atoms with van der Waals surface area (Å²) >= 11 is 12.4. The molecule has 23 heavy (non-hydrogen) atoms. The number of fused-ring (bicyclic) bond motifs is 2. The van der Waals surface area contributed by atoms with Crippen LogP contribution in [0.2, 0.25) is 10.0 Å². The van der Waals surface area contributed by atoms with Gasteiger partial charge in [-0.05, 0) is 50.8 Å². The predicted molar refractivity (Wildman–Crippen MR) is 97.7 cm³/mol. The highest BCUT2D eigenvalue weighted by atomic mass is 35.5. The van der Waals surface area contributed by atoms with Gasteiger partial charge in [-0.1, -0.05) is 49.0 Å². The molecule has 0 radical (unpaired) electrons. The van der Waals surface area contributed by atoms with Crippen molar-refractivity contribution in [1.29, 1.82) is 0 Å². The van der Waals surface area contributed by atoms with Gasteiger partial charge < -0.3 is 9.64 Å². The van der Waals surface area contributed by atoms with Crippen LogP contribution in [0.25, 0.3) is 0 Å². The van der Waals surface area contributed by atoms with Gasteiger partial charge in [-0.25, -0.2) is 0 Å². The van der Waals surface area contributed by atoms with Crippen molar-refractivity contribution in [2.75, 3.05) is 13.7 Å². The number of ether oxygens (including phenoxy) is 1. The van der Waals surface area contributed by atoms with Gasteiger partial charge in [0, 0.05) is 18.0 Å². The summed E-state index contributed by atoms with van der Waals surface area (Å²) in [6, 6.07) is 7.06. The van der Waals surface area contributed by atoms with Crippen molar-refractivity contribution in [3.8, 4) is 5.75 Å². The van der Waals surface area contributed by atoms with Crippen molar-refractivity contribution in [2.24, 2.45) is 11.8 Å². The summed E-state index contributed by atoms with van der Waals surface area (Å²) in [5.74, 6) is 2.10. The summed E-state index contributed by atoms with van der Waals surface area (Å²) in [7, 11) is 2.29. The lowest BCUT2D eigenvalue weighted by Crippen LogP contribution is -2.48. The molecule has 0 aromatic heterocycles. The lowest BCUT2D eigenvalue weighted by atomic mass is 9.78. The molecule has 3 rings (SSSR count). The van der Waals surface area contributed by atoms with Crippen molar-refractivity contribution >= 4 is 23.2 Å². The first-order chi connectivity index (χ1) is 11.1. The second-order valence-corrected chi connectivity index (χ2v) is 7.91. The van der Waals surface area contributed by atoms with Gasteiger partial charge in [0.15, 0.2) is 0 Å². The first-order valence-electron chi connectivity index (χ1n) is 8.90. The third-order valence-corrected chi connectivity index (χ3v) is 6.65. The van der Waals surface area contributed by atoms with Crippen LogP contribution in [0.1, 0.15) is 45.4 Å². The van der Waals surface area contributed by atoms with E-state index >= 15 is 0 Å². The standard InChI is InChI=1S/C19H27Cl2NO/c1-3-4-6-13-11-14-9-10-17(22(14)2)15(13)12-23-18-8-5-7-16(20)19(18)21/h5,7-8,13-15,17H,3-4,6,9-12H2,1-2H3/t13-,14?,15+,17?/m1/s1. The molecule has 128 valence electrons. The Balaban J connectivity index is 1.70. The third-order valence-electron chi connectivity index (χ3n) is 5.85. The number of nitrogens with zero attached hydrogens (tertiary/aromatic N) is 1. The van der Waals surface area contributed by atoms with E-state index in [-0.39, 0.29) is 0 Å². The molecule has 2 fully saturated rings. The average Bonchev–Trinajstić information content (AvgIpc) is 2.79. The molecular formula is C19H27Cl2NO. The van der Waals surface area contributed by atoms with E-state index in [1.165, 1.54) is 38.5 Å². The minimum Gasteiger partial charge on any atom is -0.492 e. The summed E-state index contributed by atoms with van der Waals surface area (Å²) in [5.41, 5.74) is 0. The van der Waals surface area contributed by atoms with Crippen molar-refractivity contribution in [2.45, 2.75) is 57.5 Å². The molecule has 2 heterocycles. The molecule has 2 nitrogen and oxygen atoms in total. The van der Waals surface area contributed by atoms with E-state index in [0.717, 1.165) is 24.3 Å². The zero-order valence-corrected chi connectivity index (χ0v) is 15.6. The van der Waals surface area contributed by atoms with Crippen molar-refractivity contribution in [3.63, 3.8) is 0 Å². The largest absolute Gasteiger partial charge is 0.492 e. The molecular weight excluding hydrogens is 329 g/mol. The fraction of sp³-hybridized carbons (Fsp3) is 0.684. The number of benzene rings is 1.